The maximum Gasteiger partial charge on any atom is 0.136 e. The van der Waals surface area contributed by atoms with E-state index in [0.717, 1.165) is 29.2 Å². The summed E-state index contributed by atoms with van der Waals surface area (Å²) in [7, 11) is 0. The third kappa shape index (κ3) is 3.43. The van der Waals surface area contributed by atoms with E-state index in [1.807, 2.05) is 0 Å². The lowest BCUT2D eigenvalue weighted by Crippen LogP contribution is -1.97. The fraction of sp³-hybridized carbons (Fsp3) is 0.0526. The van der Waals surface area contributed by atoms with Crippen molar-refractivity contribution >= 4 is 43.2 Å². The summed E-state index contributed by atoms with van der Waals surface area (Å²) in [6.45, 7) is 3.09. The molecule has 2 heteroatoms. The third-order valence-electron chi connectivity index (χ3n) is 8.21. The molecule has 0 spiro atoms. The maximum atomic E-state index is 6.61. The van der Waals surface area contributed by atoms with E-state index in [9.17, 15) is 0 Å². The lowest BCUT2D eigenvalue weighted by atomic mass is 9.93. The first-order valence-electron chi connectivity index (χ1n) is 13.9. The zero-order chi connectivity index (χ0) is 26.6. The number of hydrogen-bond donors (Lipinski definition) is 0. The van der Waals surface area contributed by atoms with E-state index >= 15 is 0 Å². The second-order valence-corrected chi connectivity index (χ2v) is 10.4. The minimum absolute atomic E-state index is 0.879. The molecule has 0 fully saturated rings. The molecule has 0 unspecified atom stereocenters. The van der Waals surface area contributed by atoms with Crippen molar-refractivity contribution in [1.82, 2.24) is 4.57 Å². The fourth-order valence-electron chi connectivity index (χ4n) is 6.40. The Balaban J connectivity index is 1.29. The highest BCUT2D eigenvalue weighted by Crippen LogP contribution is 2.40. The van der Waals surface area contributed by atoms with Crippen LogP contribution >= 0.6 is 0 Å². The van der Waals surface area contributed by atoms with Gasteiger partial charge in [0.15, 0.2) is 0 Å². The third-order valence-corrected chi connectivity index (χ3v) is 8.21. The monoisotopic (exact) mass is 513 g/mol. The van der Waals surface area contributed by atoms with Crippen molar-refractivity contribution in [3.63, 3.8) is 0 Å². The quantitative estimate of drug-likeness (QED) is 0.214. The lowest BCUT2D eigenvalue weighted by molar-refractivity contribution is 0.597. The molecule has 0 aliphatic rings. The zero-order valence-corrected chi connectivity index (χ0v) is 22.3. The standard InChI is InChI=1S/C38H27NO/c1-2-39-35(25-11-4-3-5-12-25)24-27-13-10-18-33(38(27)39)37-22-21-36(40-37)26-19-20-32-30-16-7-6-14-28(30)29-15-8-9-17-31(29)34(32)23-26/h3-24H,2H2,1H3. The number of aromatic nitrogens is 1. The van der Waals surface area contributed by atoms with Crippen LogP contribution in [0.2, 0.25) is 0 Å². The minimum atomic E-state index is 0.879. The molecule has 2 nitrogen and oxygen atoms in total. The van der Waals surface area contributed by atoms with Gasteiger partial charge in [0.05, 0.1) is 5.52 Å². The first-order valence-corrected chi connectivity index (χ1v) is 13.9. The Morgan fingerprint density at radius 3 is 1.82 bits per heavy atom. The smallest absolute Gasteiger partial charge is 0.136 e. The molecule has 0 aliphatic carbocycles. The van der Waals surface area contributed by atoms with Crippen molar-refractivity contribution in [3.05, 3.63) is 133 Å². The van der Waals surface area contributed by atoms with Crippen LogP contribution in [0.25, 0.3) is 77.1 Å². The molecule has 0 aliphatic heterocycles. The number of nitrogens with zero attached hydrogens (tertiary/aromatic N) is 1. The van der Waals surface area contributed by atoms with Crippen LogP contribution in [0.15, 0.2) is 138 Å². The summed E-state index contributed by atoms with van der Waals surface area (Å²) in [5, 5.41) is 8.86. The van der Waals surface area contributed by atoms with Gasteiger partial charge in [-0.3, -0.25) is 0 Å². The Morgan fingerprint density at radius 1 is 0.500 bits per heavy atom. The number of furan rings is 1. The predicted octanol–water partition coefficient (Wildman–Crippen LogP) is 10.7. The average Bonchev–Trinajstić information content (AvgIpc) is 3.67. The van der Waals surface area contributed by atoms with Gasteiger partial charge in [0, 0.05) is 28.8 Å². The first-order chi connectivity index (χ1) is 19.8. The fourth-order valence-corrected chi connectivity index (χ4v) is 6.40. The van der Waals surface area contributed by atoms with Gasteiger partial charge in [0.2, 0.25) is 0 Å². The predicted molar refractivity (Wildman–Crippen MR) is 169 cm³/mol. The summed E-state index contributed by atoms with van der Waals surface area (Å²) < 4.78 is 9.01. The Labute approximate surface area is 232 Å². The average molecular weight is 514 g/mol. The van der Waals surface area contributed by atoms with E-state index < -0.39 is 0 Å². The molecule has 8 rings (SSSR count). The molecule has 0 bridgehead atoms. The van der Waals surface area contributed by atoms with Crippen LogP contribution in [0.3, 0.4) is 0 Å². The molecule has 40 heavy (non-hydrogen) atoms. The summed E-state index contributed by atoms with van der Waals surface area (Å²) in [6.07, 6.45) is 0. The van der Waals surface area contributed by atoms with Gasteiger partial charge in [-0.25, -0.2) is 0 Å². The molecule has 0 saturated heterocycles. The summed E-state index contributed by atoms with van der Waals surface area (Å²) in [6, 6.07) is 47.7. The van der Waals surface area contributed by atoms with Crippen molar-refractivity contribution in [1.29, 1.82) is 0 Å². The van der Waals surface area contributed by atoms with E-state index in [2.05, 4.69) is 145 Å². The van der Waals surface area contributed by atoms with Crippen molar-refractivity contribution in [3.8, 4) is 33.9 Å². The van der Waals surface area contributed by atoms with Gasteiger partial charge in [0.25, 0.3) is 0 Å². The van der Waals surface area contributed by atoms with Crippen molar-refractivity contribution < 1.29 is 4.42 Å². The van der Waals surface area contributed by atoms with E-state index in [0.29, 0.717) is 0 Å². The second-order valence-electron chi connectivity index (χ2n) is 10.4. The van der Waals surface area contributed by atoms with E-state index in [4.69, 9.17) is 4.42 Å². The largest absolute Gasteiger partial charge is 0.456 e. The molecular weight excluding hydrogens is 486 g/mol. The van der Waals surface area contributed by atoms with Gasteiger partial charge >= 0.3 is 0 Å². The Bertz CT molecular complexity index is 2160. The van der Waals surface area contributed by atoms with Crippen LogP contribution in [0.1, 0.15) is 6.92 Å². The van der Waals surface area contributed by atoms with Crippen LogP contribution in [-0.4, -0.2) is 4.57 Å². The number of fused-ring (bicyclic) bond motifs is 7. The first kappa shape index (κ1) is 22.9. The second kappa shape index (κ2) is 9.00. The van der Waals surface area contributed by atoms with Crippen molar-refractivity contribution in [2.45, 2.75) is 13.5 Å². The van der Waals surface area contributed by atoms with Gasteiger partial charge < -0.3 is 8.98 Å². The SMILES string of the molecule is CCn1c(-c2ccccc2)cc2cccc(-c3ccc(-c4ccc5c6ccccc6c6ccccc6c5c4)o3)c21. The lowest BCUT2D eigenvalue weighted by Gasteiger charge is -2.11. The Hall–Kier alpha value is -5.08. The topological polar surface area (TPSA) is 18.1 Å². The molecular formula is C38H27NO. The van der Waals surface area contributed by atoms with Crippen LogP contribution in [0, 0.1) is 0 Å². The van der Waals surface area contributed by atoms with E-state index in [-0.39, 0.29) is 0 Å². The van der Waals surface area contributed by atoms with E-state index in [1.165, 1.54) is 54.5 Å². The highest BCUT2D eigenvalue weighted by atomic mass is 16.3. The summed E-state index contributed by atoms with van der Waals surface area (Å²) >= 11 is 0. The maximum absolute atomic E-state index is 6.61. The van der Waals surface area contributed by atoms with Crippen LogP contribution in [0.5, 0.6) is 0 Å². The molecule has 190 valence electrons. The summed E-state index contributed by atoms with van der Waals surface area (Å²) in [4.78, 5) is 0. The molecule has 0 saturated carbocycles. The highest BCUT2D eigenvalue weighted by Gasteiger charge is 2.17. The number of rotatable bonds is 4. The molecule has 2 heterocycles. The number of aryl methyl sites for hydroxylation is 1. The normalized spacial score (nSPS) is 11.7. The highest BCUT2D eigenvalue weighted by molar-refractivity contribution is 6.25. The van der Waals surface area contributed by atoms with Gasteiger partial charge in [-0.1, -0.05) is 103 Å². The Morgan fingerprint density at radius 2 is 1.12 bits per heavy atom. The van der Waals surface area contributed by atoms with Crippen LogP contribution < -0.4 is 0 Å². The van der Waals surface area contributed by atoms with Crippen LogP contribution in [0.4, 0.5) is 0 Å². The summed E-state index contributed by atoms with van der Waals surface area (Å²) in [5.41, 5.74) is 5.86. The van der Waals surface area contributed by atoms with Gasteiger partial charge in [-0.2, -0.15) is 0 Å². The minimum Gasteiger partial charge on any atom is -0.456 e. The van der Waals surface area contributed by atoms with Gasteiger partial charge in [-0.15, -0.1) is 0 Å². The van der Waals surface area contributed by atoms with Crippen molar-refractivity contribution in [2.75, 3.05) is 0 Å². The van der Waals surface area contributed by atoms with Gasteiger partial charge in [0.1, 0.15) is 11.5 Å². The zero-order valence-electron chi connectivity index (χ0n) is 22.3. The Kier molecular flexibility index (Phi) is 5.14. The number of benzene rings is 6. The number of hydrogen-bond acceptors (Lipinski definition) is 1. The molecule has 0 N–H and O–H groups in total. The molecule has 0 radical (unpaired) electrons. The molecule has 2 aromatic heterocycles. The van der Waals surface area contributed by atoms with Crippen molar-refractivity contribution in [2.24, 2.45) is 0 Å². The molecule has 0 atom stereocenters. The van der Waals surface area contributed by atoms with Crippen LogP contribution in [-0.2, 0) is 6.54 Å². The molecule has 8 aromatic rings. The molecule has 6 aromatic carbocycles. The molecule has 0 amide bonds. The number of para-hydroxylation sites is 1. The van der Waals surface area contributed by atoms with Gasteiger partial charge in [-0.05, 0) is 75.1 Å². The summed E-state index contributed by atoms with van der Waals surface area (Å²) in [5.74, 6) is 1.76. The van der Waals surface area contributed by atoms with E-state index in [1.54, 1.807) is 0 Å².